The molecule has 2 aliphatic rings. The van der Waals surface area contributed by atoms with Gasteiger partial charge >= 0.3 is 0 Å². The molecule has 3 atom stereocenters. The van der Waals surface area contributed by atoms with Crippen LogP contribution in [0.5, 0.6) is 0 Å². The molecule has 2 nitrogen and oxygen atoms in total. The summed E-state index contributed by atoms with van der Waals surface area (Å²) in [6, 6.07) is 35.1. The van der Waals surface area contributed by atoms with Crippen LogP contribution in [0, 0.1) is 11.8 Å². The molecule has 248 valence electrons. The monoisotopic (exact) mass is 680 g/mol. The van der Waals surface area contributed by atoms with Crippen molar-refractivity contribution in [2.24, 2.45) is 11.8 Å². The van der Waals surface area contributed by atoms with Crippen molar-refractivity contribution >= 4 is 17.2 Å². The van der Waals surface area contributed by atoms with E-state index in [0.29, 0.717) is 11.8 Å². The van der Waals surface area contributed by atoms with Crippen LogP contribution < -0.4 is 10.6 Å². The molecule has 0 spiro atoms. The standard InChI is InChI=1S/C35H49N2P2.C5H5.Fe/c1-33(2,3)39(34(4,5)6)24-30-31(35(38,27-17-19-36-22-27)28-18-20-37-23-28)21-29(25-13-9-7-10-14-25)32(30)26-15-11-8-12-16-26;1-2-4-5-3-1;/h7-16,21,27-28,36-37H,17-20,22-24,38H2,1-6H3;1-5H;/q-1;-5;. The predicted molar refractivity (Wildman–Crippen MR) is 198 cm³/mol. The van der Waals surface area contributed by atoms with Crippen molar-refractivity contribution in [1.29, 1.82) is 0 Å². The van der Waals surface area contributed by atoms with Gasteiger partial charge in [-0.15, -0.1) is 39.4 Å². The number of nitrogens with one attached hydrogen (secondary N) is 2. The minimum absolute atomic E-state index is 0. The quantitative estimate of drug-likeness (QED) is 0.115. The maximum atomic E-state index is 3.74. The summed E-state index contributed by atoms with van der Waals surface area (Å²) in [7, 11) is 3.21. The fourth-order valence-corrected chi connectivity index (χ4v) is 12.2. The van der Waals surface area contributed by atoms with Gasteiger partial charge in [-0.05, 0) is 67.3 Å². The van der Waals surface area contributed by atoms with Gasteiger partial charge in [-0.1, -0.05) is 113 Å². The maximum Gasteiger partial charge on any atom is 0.000677 e. The Morgan fingerprint density at radius 1 is 0.733 bits per heavy atom. The molecule has 0 aromatic heterocycles. The molecule has 4 aromatic carbocycles. The minimum atomic E-state index is -0.309. The normalized spacial score (nSPS) is 19.9. The summed E-state index contributed by atoms with van der Waals surface area (Å²) in [6.07, 6.45) is 3.66. The summed E-state index contributed by atoms with van der Waals surface area (Å²) in [5.74, 6) is 1.24. The van der Waals surface area contributed by atoms with Crippen LogP contribution >= 0.6 is 17.2 Å². The zero-order valence-corrected chi connectivity index (χ0v) is 31.4. The molecule has 0 radical (unpaired) electrons. The van der Waals surface area contributed by atoms with E-state index < -0.39 is 0 Å². The minimum Gasteiger partial charge on any atom is -0.748 e. The molecule has 0 amide bonds. The van der Waals surface area contributed by atoms with Gasteiger partial charge in [-0.3, -0.25) is 0 Å². The van der Waals surface area contributed by atoms with Gasteiger partial charge < -0.3 is 41.0 Å². The fraction of sp³-hybridized carbons (Fsp3) is 0.450. The maximum absolute atomic E-state index is 3.74. The number of hydrogen-bond donors (Lipinski definition) is 2. The van der Waals surface area contributed by atoms with E-state index in [4.69, 9.17) is 0 Å². The van der Waals surface area contributed by atoms with E-state index in [9.17, 15) is 0 Å². The summed E-state index contributed by atoms with van der Waals surface area (Å²) >= 11 is 0. The SMILES string of the molecule is CC(C)(C)P(C[c-]1c(C(P)(C2CCNC2)C2CCNC2)cc(-c2ccccc2)c1-c1ccccc1)C(C)(C)C.[Fe].[cH-]1[cH-][cH-][cH-][cH-]1. The molecule has 0 aliphatic carbocycles. The largest absolute Gasteiger partial charge is 0.748 e. The molecule has 2 aliphatic heterocycles. The van der Waals surface area contributed by atoms with Crippen molar-refractivity contribution in [1.82, 2.24) is 10.6 Å². The first kappa shape index (κ1) is 36.3. The molecule has 0 saturated carbocycles. The first-order chi connectivity index (χ1) is 21.0. The molecule has 45 heavy (non-hydrogen) atoms. The molecular formula is C40H54FeN2P2-6. The fourth-order valence-electron chi connectivity index (χ4n) is 7.79. The van der Waals surface area contributed by atoms with Gasteiger partial charge in [-0.2, -0.15) is 6.07 Å². The average Bonchev–Trinajstić information content (AvgIpc) is 3.83. The summed E-state index contributed by atoms with van der Waals surface area (Å²) < 4.78 is 0. The summed E-state index contributed by atoms with van der Waals surface area (Å²) in [5, 5.41) is 8.04. The topological polar surface area (TPSA) is 24.1 Å². The van der Waals surface area contributed by atoms with Gasteiger partial charge in [0.05, 0.1) is 0 Å². The van der Waals surface area contributed by atoms with Gasteiger partial charge in [0.25, 0.3) is 0 Å². The Bertz CT molecular complexity index is 1370. The molecule has 2 saturated heterocycles. The van der Waals surface area contributed by atoms with Crippen LogP contribution in [0.2, 0.25) is 0 Å². The van der Waals surface area contributed by atoms with Crippen LogP contribution in [0.25, 0.3) is 22.3 Å². The van der Waals surface area contributed by atoms with Crippen LogP contribution in [0.15, 0.2) is 97.1 Å². The predicted octanol–water partition coefficient (Wildman–Crippen LogP) is 10.0. The third kappa shape index (κ3) is 8.30. The van der Waals surface area contributed by atoms with Gasteiger partial charge in [0.1, 0.15) is 0 Å². The second-order valence-corrected chi connectivity index (χ2v) is 19.6. The Morgan fingerprint density at radius 2 is 1.18 bits per heavy atom. The summed E-state index contributed by atoms with van der Waals surface area (Å²) in [4.78, 5) is 0. The van der Waals surface area contributed by atoms with E-state index in [1.165, 1.54) is 35.1 Å². The van der Waals surface area contributed by atoms with Gasteiger partial charge in [0.15, 0.2) is 0 Å². The van der Waals surface area contributed by atoms with Gasteiger partial charge in [-0.25, -0.2) is 0 Å². The Kier molecular flexibility index (Phi) is 12.5. The van der Waals surface area contributed by atoms with Gasteiger partial charge in [0.2, 0.25) is 0 Å². The van der Waals surface area contributed by atoms with Crippen molar-refractivity contribution in [2.45, 2.75) is 76.0 Å². The molecule has 5 heteroatoms. The summed E-state index contributed by atoms with van der Waals surface area (Å²) in [5.41, 5.74) is 8.80. The first-order valence-electron chi connectivity index (χ1n) is 16.6. The van der Waals surface area contributed by atoms with Crippen molar-refractivity contribution in [3.8, 4) is 22.3 Å². The molecule has 4 aromatic rings. The molecular weight excluding hydrogens is 626 g/mol. The Hall–Kier alpha value is -1.56. The van der Waals surface area contributed by atoms with Crippen LogP contribution in [0.4, 0.5) is 0 Å². The third-order valence-electron chi connectivity index (χ3n) is 9.76. The second-order valence-electron chi connectivity index (χ2n) is 14.8. The Morgan fingerprint density at radius 3 is 1.58 bits per heavy atom. The van der Waals surface area contributed by atoms with E-state index in [-0.39, 0.29) is 40.5 Å². The van der Waals surface area contributed by atoms with E-state index in [2.05, 4.69) is 128 Å². The first-order valence-corrected chi connectivity index (χ1v) is 18.7. The van der Waals surface area contributed by atoms with E-state index in [1.807, 2.05) is 30.3 Å². The van der Waals surface area contributed by atoms with Crippen LogP contribution in [0.3, 0.4) is 0 Å². The van der Waals surface area contributed by atoms with Crippen molar-refractivity contribution in [3.05, 3.63) is 108 Å². The molecule has 2 heterocycles. The second kappa shape index (κ2) is 15.6. The zero-order valence-electron chi connectivity index (χ0n) is 28.2. The van der Waals surface area contributed by atoms with Crippen molar-refractivity contribution in [2.75, 3.05) is 26.2 Å². The summed E-state index contributed by atoms with van der Waals surface area (Å²) in [6.45, 7) is 19.3. The molecule has 3 unspecified atom stereocenters. The third-order valence-corrected chi connectivity index (χ3v) is 14.9. The van der Waals surface area contributed by atoms with E-state index in [0.717, 1.165) is 32.3 Å². The Labute approximate surface area is 288 Å². The average molecular weight is 681 g/mol. The molecule has 0 bridgehead atoms. The Balaban J connectivity index is 0.000000700. The van der Waals surface area contributed by atoms with E-state index in [1.54, 1.807) is 11.1 Å². The number of rotatable bonds is 7. The van der Waals surface area contributed by atoms with Crippen molar-refractivity contribution < 1.29 is 17.1 Å². The van der Waals surface area contributed by atoms with Crippen molar-refractivity contribution in [3.63, 3.8) is 0 Å². The molecule has 2 fully saturated rings. The number of hydrogen-bond acceptors (Lipinski definition) is 2. The zero-order chi connectivity index (χ0) is 31.4. The molecule has 2 N–H and O–H groups in total. The van der Waals surface area contributed by atoms with Crippen LogP contribution in [0.1, 0.15) is 65.5 Å². The van der Waals surface area contributed by atoms with Crippen LogP contribution in [-0.2, 0) is 28.4 Å². The van der Waals surface area contributed by atoms with Crippen LogP contribution in [-0.4, -0.2) is 36.5 Å². The van der Waals surface area contributed by atoms with E-state index >= 15 is 0 Å². The smallest absolute Gasteiger partial charge is 0.000677 e. The number of benzene rings is 2. The van der Waals surface area contributed by atoms with Gasteiger partial charge in [0, 0.05) is 22.2 Å². The molecule has 6 rings (SSSR count).